The number of nitrogens with two attached hydrogens (primary N) is 2. The van der Waals surface area contributed by atoms with Gasteiger partial charge < -0.3 is 11.5 Å². The Morgan fingerprint density at radius 2 is 0.672 bits per heavy atom. The summed E-state index contributed by atoms with van der Waals surface area (Å²) in [4.78, 5) is 18.0. The van der Waals surface area contributed by atoms with Crippen molar-refractivity contribution in [2.75, 3.05) is 0 Å². The van der Waals surface area contributed by atoms with Crippen LogP contribution >= 0.6 is 15.6 Å². The Labute approximate surface area is 372 Å². The Hall–Kier alpha value is -5.53. The molecule has 0 spiro atoms. The average Bonchev–Trinajstić information content (AvgIpc) is 3.21. The van der Waals surface area contributed by atoms with Crippen molar-refractivity contribution in [2.24, 2.45) is 21.5 Å². The van der Waals surface area contributed by atoms with Gasteiger partial charge in [0.1, 0.15) is 0 Å². The van der Waals surface area contributed by atoms with Gasteiger partial charge in [-0.1, -0.05) is 133 Å². The van der Waals surface area contributed by atoms with E-state index in [1.54, 1.807) is 30.9 Å². The van der Waals surface area contributed by atoms with Crippen molar-refractivity contribution >= 4 is 28.0 Å². The zero-order chi connectivity index (χ0) is 47.3. The molecular weight excluding hydrogens is 948 g/mol. The fraction of sp³-hybridized carbons (Fsp3) is 0.119. The number of benzene rings is 4. The van der Waals surface area contributed by atoms with Gasteiger partial charge in [0.25, 0.3) is 0 Å². The van der Waals surface area contributed by atoms with Crippen molar-refractivity contribution in [1.82, 2.24) is 9.97 Å². The van der Waals surface area contributed by atoms with E-state index in [1.165, 1.54) is 6.92 Å². The summed E-state index contributed by atoms with van der Waals surface area (Å²) in [5.41, 5.74) is 19.0. The molecule has 0 radical (unpaired) electrons. The molecule has 0 aliphatic rings. The first-order valence-electron chi connectivity index (χ1n) is 18.0. The second-order valence-electron chi connectivity index (χ2n) is 12.8. The van der Waals surface area contributed by atoms with E-state index in [-0.39, 0.29) is 41.2 Å². The second-order valence-corrected chi connectivity index (χ2v) is 16.6. The van der Waals surface area contributed by atoms with Crippen LogP contribution < -0.4 is 11.5 Å². The van der Waals surface area contributed by atoms with E-state index in [0.29, 0.717) is 0 Å². The van der Waals surface area contributed by atoms with Crippen LogP contribution in [0.1, 0.15) is 64.7 Å². The van der Waals surface area contributed by atoms with E-state index in [0.717, 1.165) is 33.6 Å². The van der Waals surface area contributed by atoms with Crippen molar-refractivity contribution < 1.29 is 67.4 Å². The van der Waals surface area contributed by atoms with Gasteiger partial charge in [0.2, 0.25) is 0 Å². The Morgan fingerprint density at radius 3 is 0.891 bits per heavy atom. The topological polar surface area (TPSA) is 126 Å². The summed E-state index contributed by atoms with van der Waals surface area (Å²) >= 11 is 0. The number of nitriles is 1. The minimum Gasteiger partial charge on any atom is -0.322 e. The first kappa shape index (κ1) is 56.5. The smallest absolute Gasteiger partial charge is 0.322 e. The molecule has 0 bridgehead atoms. The molecule has 4 atom stereocenters. The van der Waals surface area contributed by atoms with E-state index >= 15 is 0 Å². The predicted molar refractivity (Wildman–Crippen MR) is 227 cm³/mol. The Balaban J connectivity index is 0.000000468. The SMILES string of the molecule is CC#N.F[P-](F)(F)(F)(F)F.F[P-](F)(F)(F)(F)F.N[C@@H](c1ccccc1)[C@@H](N=Cc1ccccn1)c1ccccc1.N[C@@H](c1ccccc1)[C@@H](N=Cc1ccccn1)c1ccccc1.[Fe+4]. The Kier molecular flexibility index (Phi) is 20.2. The third-order valence-corrected chi connectivity index (χ3v) is 7.44. The maximum Gasteiger partial charge on any atom is 4.00 e. The molecule has 7 nitrogen and oxygen atoms in total. The molecule has 4 aromatic carbocycles. The largest absolute Gasteiger partial charge is 4.00 e. The van der Waals surface area contributed by atoms with E-state index < -0.39 is 15.6 Å². The molecule has 4 N–H and O–H groups in total. The third-order valence-electron chi connectivity index (χ3n) is 7.44. The Bertz CT molecular complexity index is 2150. The monoisotopic (exact) mass is 989 g/mol. The molecule has 0 unspecified atom stereocenters. The predicted octanol–water partition coefficient (Wildman–Crippen LogP) is 15.2. The fourth-order valence-electron chi connectivity index (χ4n) is 5.01. The number of aliphatic imine (C=N–C) groups is 2. The molecule has 2 heterocycles. The maximum absolute atomic E-state index is 10.7. The number of hydrogen-bond acceptors (Lipinski definition) is 7. The third kappa shape index (κ3) is 29.7. The van der Waals surface area contributed by atoms with Gasteiger partial charge in [0, 0.05) is 31.7 Å². The molecular formula is C42H41F12FeN7P2+2. The number of rotatable bonds is 10. The summed E-state index contributed by atoms with van der Waals surface area (Å²) < 4.78 is 118. The van der Waals surface area contributed by atoms with E-state index in [1.807, 2.05) is 133 Å². The molecule has 0 fully saturated rings. The molecule has 0 amide bonds. The number of hydrogen-bond donors (Lipinski definition) is 2. The average molecular weight is 990 g/mol. The summed E-state index contributed by atoms with van der Waals surface area (Å²) in [7, 11) is -21.3. The fourth-order valence-corrected chi connectivity index (χ4v) is 5.01. The van der Waals surface area contributed by atoms with Crippen LogP contribution in [0.25, 0.3) is 0 Å². The second kappa shape index (κ2) is 22.9. The van der Waals surface area contributed by atoms with Crippen LogP contribution in [0.3, 0.4) is 0 Å². The molecule has 6 aromatic rings. The van der Waals surface area contributed by atoms with Gasteiger partial charge in [-0.05, 0) is 46.5 Å². The molecule has 2 aromatic heterocycles. The zero-order valence-electron chi connectivity index (χ0n) is 33.3. The van der Waals surface area contributed by atoms with Crippen molar-refractivity contribution in [3.05, 3.63) is 204 Å². The first-order chi connectivity index (χ1) is 29.0. The summed E-state index contributed by atoms with van der Waals surface area (Å²) in [5.74, 6) is 0. The van der Waals surface area contributed by atoms with Gasteiger partial charge in [-0.2, -0.15) is 5.26 Å². The van der Waals surface area contributed by atoms with Gasteiger partial charge in [0.05, 0.1) is 41.6 Å². The summed E-state index contributed by atoms with van der Waals surface area (Å²) in [6.45, 7) is 1.43. The van der Waals surface area contributed by atoms with Crippen molar-refractivity contribution in [3.63, 3.8) is 0 Å². The number of nitrogens with zero attached hydrogens (tertiary/aromatic N) is 5. The number of aromatic nitrogens is 2. The van der Waals surface area contributed by atoms with Crippen LogP contribution in [-0.2, 0) is 17.1 Å². The molecule has 0 aliphatic heterocycles. The zero-order valence-corrected chi connectivity index (χ0v) is 36.2. The minimum absolute atomic E-state index is 0. The summed E-state index contributed by atoms with van der Waals surface area (Å²) in [6, 6.07) is 53.0. The van der Waals surface area contributed by atoms with Crippen LogP contribution in [-0.4, -0.2) is 22.4 Å². The van der Waals surface area contributed by atoms with Crippen LogP contribution in [0.4, 0.5) is 50.4 Å². The first-order valence-corrected chi connectivity index (χ1v) is 22.1. The van der Waals surface area contributed by atoms with Gasteiger partial charge in [-0.25, -0.2) is 0 Å². The van der Waals surface area contributed by atoms with E-state index in [2.05, 4.69) is 34.2 Å². The van der Waals surface area contributed by atoms with Gasteiger partial charge >= 0.3 is 83.0 Å². The van der Waals surface area contributed by atoms with Crippen LogP contribution in [0, 0.1) is 11.3 Å². The van der Waals surface area contributed by atoms with Crippen molar-refractivity contribution in [1.29, 1.82) is 5.26 Å². The summed E-state index contributed by atoms with van der Waals surface area (Å²) in [5, 5.41) is 7.32. The number of halogens is 12. The van der Waals surface area contributed by atoms with E-state index in [4.69, 9.17) is 26.7 Å². The minimum atomic E-state index is -10.7. The maximum atomic E-state index is 9.87. The summed E-state index contributed by atoms with van der Waals surface area (Å²) in [6.07, 6.45) is 7.10. The molecule has 22 heteroatoms. The molecule has 64 heavy (non-hydrogen) atoms. The molecule has 0 aliphatic carbocycles. The number of pyridine rings is 2. The molecule has 6 rings (SSSR count). The van der Waals surface area contributed by atoms with Gasteiger partial charge in [-0.3, -0.25) is 20.0 Å². The van der Waals surface area contributed by atoms with Crippen molar-refractivity contribution in [3.8, 4) is 6.07 Å². The molecule has 0 saturated heterocycles. The standard InChI is InChI=1S/2C20H19N3.C2H3N.2F6P.Fe/c2*21-19(16-9-3-1-4-10-16)20(17-11-5-2-6-12-17)23-15-18-13-7-8-14-22-18;1-2-3;2*1-7(2,3,4,5)6;/h2*1-15,19-20H,21H2;1H3;;;/q;;;2*-1;+4/t2*19-,20-;;;;/m00..../s1. The quantitative estimate of drug-likeness (QED) is 0.0612. The molecule has 344 valence electrons. The molecule has 0 saturated carbocycles. The van der Waals surface area contributed by atoms with Gasteiger partial charge in [0.15, 0.2) is 0 Å². The van der Waals surface area contributed by atoms with Crippen molar-refractivity contribution in [2.45, 2.75) is 31.1 Å². The van der Waals surface area contributed by atoms with Gasteiger partial charge in [-0.15, -0.1) is 0 Å². The Morgan fingerprint density at radius 1 is 0.453 bits per heavy atom. The van der Waals surface area contributed by atoms with Crippen LogP contribution in [0.15, 0.2) is 180 Å². The normalized spacial score (nSPS) is 15.1. The van der Waals surface area contributed by atoms with Crippen LogP contribution in [0.2, 0.25) is 0 Å². The van der Waals surface area contributed by atoms with E-state index in [9.17, 15) is 50.4 Å². The van der Waals surface area contributed by atoms with Crippen LogP contribution in [0.5, 0.6) is 0 Å².